The Morgan fingerprint density at radius 2 is 0.933 bits per heavy atom. The van der Waals surface area contributed by atoms with Crippen LogP contribution < -0.4 is 9.80 Å². The minimum absolute atomic E-state index is 0.0250. The molecule has 0 aliphatic heterocycles. The fraction of sp³-hybridized carbons (Fsp3) is 0.167. The molecule has 3 aromatic carbocycles. The number of carboxylic acid groups (broad SMARTS) is 2. The van der Waals surface area contributed by atoms with Crippen molar-refractivity contribution < 1.29 is 19.8 Å². The number of aryl methyl sites for hydroxylation is 2. The number of aromatic carboxylic acids is 2. The Bertz CT molecular complexity index is 1000. The molecule has 0 atom stereocenters. The molecule has 3 rings (SSSR count). The van der Waals surface area contributed by atoms with Crippen LogP contribution in [0.25, 0.3) is 0 Å². The summed E-state index contributed by atoms with van der Waals surface area (Å²) in [5, 5.41) is 19.7. The van der Waals surface area contributed by atoms with Gasteiger partial charge in [0.05, 0.1) is 22.5 Å². The molecule has 0 bridgehead atoms. The maximum atomic E-state index is 12.1. The van der Waals surface area contributed by atoms with Gasteiger partial charge in [-0.15, -0.1) is 0 Å². The molecule has 0 aliphatic carbocycles. The van der Waals surface area contributed by atoms with Crippen LogP contribution in [0.3, 0.4) is 0 Å². The van der Waals surface area contributed by atoms with Gasteiger partial charge in [-0.25, -0.2) is 9.59 Å². The first-order valence-corrected chi connectivity index (χ1v) is 9.44. The predicted octanol–water partition coefficient (Wildman–Crippen LogP) is 5.24. The summed E-state index contributed by atoms with van der Waals surface area (Å²) in [7, 11) is 3.45. The average Bonchev–Trinajstić information content (AvgIpc) is 2.72. The van der Waals surface area contributed by atoms with Gasteiger partial charge in [0.25, 0.3) is 0 Å². The van der Waals surface area contributed by atoms with Crippen LogP contribution in [-0.2, 0) is 0 Å². The zero-order chi connectivity index (χ0) is 22.0. The first-order valence-electron chi connectivity index (χ1n) is 9.44. The minimum Gasteiger partial charge on any atom is -0.478 e. The molecule has 6 heteroatoms. The van der Waals surface area contributed by atoms with E-state index in [0.29, 0.717) is 11.4 Å². The van der Waals surface area contributed by atoms with Gasteiger partial charge >= 0.3 is 11.9 Å². The fourth-order valence-corrected chi connectivity index (χ4v) is 3.29. The van der Waals surface area contributed by atoms with Crippen LogP contribution in [0, 0.1) is 13.8 Å². The van der Waals surface area contributed by atoms with Gasteiger partial charge in [-0.1, -0.05) is 35.4 Å². The van der Waals surface area contributed by atoms with E-state index in [9.17, 15) is 19.8 Å². The Labute approximate surface area is 175 Å². The second-order valence-electron chi connectivity index (χ2n) is 7.29. The number of nitrogens with zero attached hydrogens (tertiary/aromatic N) is 2. The van der Waals surface area contributed by atoms with Gasteiger partial charge in [0.1, 0.15) is 0 Å². The molecule has 0 radical (unpaired) electrons. The Morgan fingerprint density at radius 1 is 0.633 bits per heavy atom. The molecule has 0 unspecified atom stereocenters. The van der Waals surface area contributed by atoms with Gasteiger partial charge in [-0.3, -0.25) is 0 Å². The van der Waals surface area contributed by atoms with Crippen LogP contribution in [0.1, 0.15) is 31.8 Å². The van der Waals surface area contributed by atoms with Crippen LogP contribution in [0.4, 0.5) is 22.7 Å². The van der Waals surface area contributed by atoms with Crippen molar-refractivity contribution in [1.29, 1.82) is 0 Å². The van der Waals surface area contributed by atoms with Gasteiger partial charge in [-0.2, -0.15) is 0 Å². The zero-order valence-electron chi connectivity index (χ0n) is 17.4. The highest BCUT2D eigenvalue weighted by atomic mass is 16.4. The van der Waals surface area contributed by atoms with E-state index in [0.717, 1.165) is 22.5 Å². The molecule has 0 heterocycles. The molecule has 0 aliphatic rings. The Hall–Kier alpha value is -3.80. The van der Waals surface area contributed by atoms with Gasteiger partial charge in [-0.05, 0) is 50.2 Å². The van der Waals surface area contributed by atoms with Crippen molar-refractivity contribution in [3.63, 3.8) is 0 Å². The largest absolute Gasteiger partial charge is 0.478 e. The van der Waals surface area contributed by atoms with E-state index in [1.54, 1.807) is 23.9 Å². The van der Waals surface area contributed by atoms with Crippen LogP contribution in [-0.4, -0.2) is 36.2 Å². The monoisotopic (exact) mass is 404 g/mol. The number of carbonyl (C=O) groups is 2. The second kappa shape index (κ2) is 8.29. The summed E-state index contributed by atoms with van der Waals surface area (Å²) in [5.41, 5.74) is 4.35. The van der Waals surface area contributed by atoms with Crippen LogP contribution >= 0.6 is 0 Å². The van der Waals surface area contributed by atoms with Crippen molar-refractivity contribution in [2.24, 2.45) is 0 Å². The van der Waals surface area contributed by atoms with Crippen molar-refractivity contribution in [3.05, 3.63) is 82.9 Å². The van der Waals surface area contributed by atoms with Crippen molar-refractivity contribution >= 4 is 34.7 Å². The van der Waals surface area contributed by atoms with Gasteiger partial charge in [0.2, 0.25) is 0 Å². The Balaban J connectivity index is 2.16. The smallest absolute Gasteiger partial charge is 0.337 e. The quantitative estimate of drug-likeness (QED) is 0.585. The van der Waals surface area contributed by atoms with E-state index < -0.39 is 11.9 Å². The molecule has 0 saturated carbocycles. The first-order chi connectivity index (χ1) is 14.2. The number of hydrogen-bond acceptors (Lipinski definition) is 4. The van der Waals surface area contributed by atoms with Crippen LogP contribution in [0.2, 0.25) is 0 Å². The lowest BCUT2D eigenvalue weighted by atomic mass is 10.0. The van der Waals surface area contributed by atoms with Gasteiger partial charge in [0.15, 0.2) is 0 Å². The molecule has 2 N–H and O–H groups in total. The summed E-state index contributed by atoms with van der Waals surface area (Å²) >= 11 is 0. The molecule has 30 heavy (non-hydrogen) atoms. The van der Waals surface area contributed by atoms with Crippen LogP contribution in [0.15, 0.2) is 60.7 Å². The summed E-state index contributed by atoms with van der Waals surface area (Å²) in [5.74, 6) is -2.25. The van der Waals surface area contributed by atoms with Gasteiger partial charge < -0.3 is 20.0 Å². The summed E-state index contributed by atoms with van der Waals surface area (Å²) in [4.78, 5) is 27.5. The van der Waals surface area contributed by atoms with E-state index in [1.165, 1.54) is 12.1 Å². The highest BCUT2D eigenvalue weighted by Crippen LogP contribution is 2.36. The minimum atomic E-state index is -1.13. The van der Waals surface area contributed by atoms with E-state index in [1.807, 2.05) is 62.4 Å². The lowest BCUT2D eigenvalue weighted by Gasteiger charge is -2.26. The second-order valence-corrected chi connectivity index (χ2v) is 7.29. The lowest BCUT2D eigenvalue weighted by Crippen LogP contribution is -2.19. The van der Waals surface area contributed by atoms with E-state index in [-0.39, 0.29) is 11.1 Å². The predicted molar refractivity (Wildman–Crippen MR) is 119 cm³/mol. The van der Waals surface area contributed by atoms with E-state index in [2.05, 4.69) is 0 Å². The topological polar surface area (TPSA) is 81.1 Å². The molecule has 0 amide bonds. The summed E-state index contributed by atoms with van der Waals surface area (Å²) in [6.45, 7) is 3.93. The third kappa shape index (κ3) is 4.12. The third-order valence-electron chi connectivity index (χ3n) is 5.14. The molecule has 0 fully saturated rings. The highest BCUT2D eigenvalue weighted by Gasteiger charge is 2.23. The highest BCUT2D eigenvalue weighted by molar-refractivity contribution is 6.03. The number of rotatable bonds is 6. The maximum Gasteiger partial charge on any atom is 0.337 e. The summed E-state index contributed by atoms with van der Waals surface area (Å²) in [6.07, 6.45) is 0. The molecular weight excluding hydrogens is 380 g/mol. The molecule has 0 spiro atoms. The van der Waals surface area contributed by atoms with Crippen molar-refractivity contribution in [2.75, 3.05) is 23.9 Å². The standard InChI is InChI=1S/C24H24N2O4/c1-15-5-9-17(10-6-15)25(3)21-13-20(24(29)30)22(14-19(21)23(27)28)26(4)18-11-7-16(2)8-12-18/h5-14H,1-4H3,(H,27,28)(H,29,30). The van der Waals surface area contributed by atoms with Crippen LogP contribution in [0.5, 0.6) is 0 Å². The first kappa shape index (κ1) is 20.9. The fourth-order valence-electron chi connectivity index (χ4n) is 3.29. The third-order valence-corrected chi connectivity index (χ3v) is 5.14. The number of benzene rings is 3. The summed E-state index contributed by atoms with van der Waals surface area (Å²) in [6, 6.07) is 18.0. The molecule has 0 saturated heterocycles. The Kier molecular flexibility index (Phi) is 5.78. The molecule has 0 aromatic heterocycles. The number of hydrogen-bond donors (Lipinski definition) is 2. The van der Waals surface area contributed by atoms with Crippen molar-refractivity contribution in [1.82, 2.24) is 0 Å². The van der Waals surface area contributed by atoms with Crippen molar-refractivity contribution in [3.8, 4) is 0 Å². The average molecular weight is 404 g/mol. The Morgan fingerprint density at radius 3 is 1.20 bits per heavy atom. The van der Waals surface area contributed by atoms with Crippen molar-refractivity contribution in [2.45, 2.75) is 13.8 Å². The zero-order valence-corrected chi connectivity index (χ0v) is 17.4. The molecule has 6 nitrogen and oxygen atoms in total. The van der Waals surface area contributed by atoms with E-state index in [4.69, 9.17) is 0 Å². The van der Waals surface area contributed by atoms with Gasteiger partial charge in [0, 0.05) is 25.5 Å². The number of carboxylic acids is 2. The normalized spacial score (nSPS) is 10.5. The van der Waals surface area contributed by atoms with E-state index >= 15 is 0 Å². The maximum absolute atomic E-state index is 12.1. The SMILES string of the molecule is Cc1ccc(N(C)c2cc(C(=O)O)c(N(C)c3ccc(C)cc3)cc2C(=O)O)cc1. The lowest BCUT2D eigenvalue weighted by molar-refractivity contribution is 0.0682. The summed E-state index contributed by atoms with van der Waals surface area (Å²) < 4.78 is 0. The molecule has 154 valence electrons. The number of anilines is 4. The molecule has 3 aromatic rings. The molecular formula is C24H24N2O4.